The fourth-order valence-corrected chi connectivity index (χ4v) is 1.85. The van der Waals surface area contributed by atoms with E-state index in [4.69, 9.17) is 14.2 Å². The molecule has 1 fully saturated rings. The van der Waals surface area contributed by atoms with Crippen molar-refractivity contribution in [1.82, 2.24) is 0 Å². The first-order chi connectivity index (χ1) is 8.70. The van der Waals surface area contributed by atoms with Gasteiger partial charge < -0.3 is 14.2 Å². The summed E-state index contributed by atoms with van der Waals surface area (Å²) in [7, 11) is 0. The highest BCUT2D eigenvalue weighted by Crippen LogP contribution is 2.23. The number of aryl methyl sites for hydroxylation is 1. The third-order valence-electron chi connectivity index (χ3n) is 2.88. The minimum absolute atomic E-state index is 0.0844. The third kappa shape index (κ3) is 3.01. The first-order valence-corrected chi connectivity index (χ1v) is 6.23. The predicted molar refractivity (Wildman–Crippen MR) is 67.0 cm³/mol. The summed E-state index contributed by atoms with van der Waals surface area (Å²) in [6.07, 6.45) is 0.976. The van der Waals surface area contributed by atoms with Crippen LogP contribution in [0.3, 0.4) is 0 Å². The molecule has 1 saturated heterocycles. The van der Waals surface area contributed by atoms with Crippen LogP contribution in [0.2, 0.25) is 0 Å². The van der Waals surface area contributed by atoms with Gasteiger partial charge in [0.05, 0.1) is 25.4 Å². The van der Waals surface area contributed by atoms with Crippen molar-refractivity contribution in [1.29, 1.82) is 0 Å². The number of hydrogen-bond acceptors (Lipinski definition) is 4. The van der Waals surface area contributed by atoms with Crippen LogP contribution in [0.5, 0.6) is 5.75 Å². The molecule has 1 aliphatic heterocycles. The number of benzene rings is 1. The van der Waals surface area contributed by atoms with Crippen LogP contribution in [-0.4, -0.2) is 31.9 Å². The van der Waals surface area contributed by atoms with Gasteiger partial charge in [0.1, 0.15) is 11.9 Å². The second-order valence-electron chi connectivity index (χ2n) is 4.30. The lowest BCUT2D eigenvalue weighted by molar-refractivity contribution is 0.0525. The molecule has 1 aromatic rings. The Morgan fingerprint density at radius 1 is 1.50 bits per heavy atom. The SMILES string of the molecule is CCOC(=O)c1ccc(C)c(O[C@@H]2CCOC2)c1. The molecule has 4 nitrogen and oxygen atoms in total. The fraction of sp³-hybridized carbons (Fsp3) is 0.500. The average molecular weight is 250 g/mol. The van der Waals surface area contributed by atoms with Crippen molar-refractivity contribution in [3.05, 3.63) is 29.3 Å². The van der Waals surface area contributed by atoms with Crippen LogP contribution >= 0.6 is 0 Å². The second kappa shape index (κ2) is 5.87. The summed E-state index contributed by atoms with van der Waals surface area (Å²) in [5, 5.41) is 0. The second-order valence-corrected chi connectivity index (χ2v) is 4.30. The quantitative estimate of drug-likeness (QED) is 0.769. The van der Waals surface area contributed by atoms with Crippen molar-refractivity contribution in [2.45, 2.75) is 26.4 Å². The molecular formula is C14H18O4. The van der Waals surface area contributed by atoms with Crippen molar-refractivity contribution >= 4 is 5.97 Å². The number of carbonyl (C=O) groups excluding carboxylic acids is 1. The van der Waals surface area contributed by atoms with Gasteiger partial charge in [-0.1, -0.05) is 6.07 Å². The van der Waals surface area contributed by atoms with Gasteiger partial charge in [-0.15, -0.1) is 0 Å². The lowest BCUT2D eigenvalue weighted by Crippen LogP contribution is -2.16. The van der Waals surface area contributed by atoms with Gasteiger partial charge >= 0.3 is 5.97 Å². The van der Waals surface area contributed by atoms with E-state index in [-0.39, 0.29) is 12.1 Å². The predicted octanol–water partition coefficient (Wildman–Crippen LogP) is 2.34. The Morgan fingerprint density at radius 2 is 2.33 bits per heavy atom. The Labute approximate surface area is 107 Å². The molecule has 0 saturated carbocycles. The summed E-state index contributed by atoms with van der Waals surface area (Å²) in [6, 6.07) is 5.37. The summed E-state index contributed by atoms with van der Waals surface area (Å²) < 4.78 is 16.1. The van der Waals surface area contributed by atoms with Gasteiger partial charge in [-0.25, -0.2) is 4.79 Å². The summed E-state index contributed by atoms with van der Waals surface area (Å²) in [5.41, 5.74) is 1.53. The summed E-state index contributed by atoms with van der Waals surface area (Å²) in [6.45, 7) is 5.48. The van der Waals surface area contributed by atoms with Gasteiger partial charge in [0.15, 0.2) is 0 Å². The average Bonchev–Trinajstić information content (AvgIpc) is 2.85. The van der Waals surface area contributed by atoms with E-state index in [0.29, 0.717) is 18.8 Å². The van der Waals surface area contributed by atoms with Gasteiger partial charge in [0, 0.05) is 6.42 Å². The van der Waals surface area contributed by atoms with E-state index in [1.165, 1.54) is 0 Å². The molecule has 0 aromatic heterocycles. The van der Waals surface area contributed by atoms with Crippen LogP contribution in [0.15, 0.2) is 18.2 Å². The highest BCUT2D eigenvalue weighted by Gasteiger charge is 2.19. The molecule has 0 aliphatic carbocycles. The number of esters is 1. The molecule has 0 bridgehead atoms. The van der Waals surface area contributed by atoms with Crippen LogP contribution in [-0.2, 0) is 9.47 Å². The number of ether oxygens (including phenoxy) is 3. The summed E-state index contributed by atoms with van der Waals surface area (Å²) in [5.74, 6) is 0.418. The highest BCUT2D eigenvalue weighted by molar-refractivity contribution is 5.90. The monoisotopic (exact) mass is 250 g/mol. The van der Waals surface area contributed by atoms with Crippen molar-refractivity contribution in [3.63, 3.8) is 0 Å². The molecule has 1 aromatic carbocycles. The van der Waals surface area contributed by atoms with Gasteiger partial charge in [-0.05, 0) is 31.5 Å². The lowest BCUT2D eigenvalue weighted by Gasteiger charge is -2.14. The molecule has 0 unspecified atom stereocenters. The van der Waals surface area contributed by atoms with Crippen LogP contribution in [0, 0.1) is 6.92 Å². The zero-order valence-corrected chi connectivity index (χ0v) is 10.8. The van der Waals surface area contributed by atoms with Gasteiger partial charge in [-0.2, -0.15) is 0 Å². The first kappa shape index (κ1) is 12.9. The Kier molecular flexibility index (Phi) is 4.20. The highest BCUT2D eigenvalue weighted by atomic mass is 16.5. The molecule has 0 N–H and O–H groups in total. The standard InChI is InChI=1S/C14H18O4/c1-3-17-14(15)11-5-4-10(2)13(8-11)18-12-6-7-16-9-12/h4-5,8,12H,3,6-7,9H2,1-2H3/t12-/m1/s1. The Hall–Kier alpha value is -1.55. The van der Waals surface area contributed by atoms with Crippen LogP contribution in [0.4, 0.5) is 0 Å². The molecule has 1 heterocycles. The summed E-state index contributed by atoms with van der Waals surface area (Å²) in [4.78, 5) is 11.6. The first-order valence-electron chi connectivity index (χ1n) is 6.23. The van der Waals surface area contributed by atoms with E-state index >= 15 is 0 Å². The maximum absolute atomic E-state index is 11.6. The fourth-order valence-electron chi connectivity index (χ4n) is 1.85. The Morgan fingerprint density at radius 3 is 3.00 bits per heavy atom. The molecule has 98 valence electrons. The smallest absolute Gasteiger partial charge is 0.338 e. The largest absolute Gasteiger partial charge is 0.488 e. The Bertz CT molecular complexity index is 422. The molecule has 2 rings (SSSR count). The van der Waals surface area contributed by atoms with Crippen molar-refractivity contribution in [2.75, 3.05) is 19.8 Å². The van der Waals surface area contributed by atoms with Crippen molar-refractivity contribution < 1.29 is 19.0 Å². The normalized spacial score (nSPS) is 18.7. The van der Waals surface area contributed by atoms with Gasteiger partial charge in [-0.3, -0.25) is 0 Å². The van der Waals surface area contributed by atoms with Gasteiger partial charge in [0.25, 0.3) is 0 Å². The minimum Gasteiger partial charge on any atom is -0.488 e. The summed E-state index contributed by atoms with van der Waals surface area (Å²) >= 11 is 0. The zero-order chi connectivity index (χ0) is 13.0. The van der Waals surface area contributed by atoms with Crippen molar-refractivity contribution in [3.8, 4) is 5.75 Å². The maximum atomic E-state index is 11.6. The van der Waals surface area contributed by atoms with E-state index in [2.05, 4.69) is 0 Å². The number of hydrogen-bond donors (Lipinski definition) is 0. The maximum Gasteiger partial charge on any atom is 0.338 e. The van der Waals surface area contributed by atoms with Crippen LogP contribution in [0.1, 0.15) is 29.3 Å². The third-order valence-corrected chi connectivity index (χ3v) is 2.88. The molecular weight excluding hydrogens is 232 g/mol. The molecule has 0 amide bonds. The number of rotatable bonds is 4. The van der Waals surface area contributed by atoms with Crippen LogP contribution in [0.25, 0.3) is 0 Å². The minimum atomic E-state index is -0.315. The zero-order valence-electron chi connectivity index (χ0n) is 10.8. The topological polar surface area (TPSA) is 44.8 Å². The van der Waals surface area contributed by atoms with Crippen LogP contribution < -0.4 is 4.74 Å². The molecule has 1 aliphatic rings. The molecule has 0 spiro atoms. The molecule has 0 radical (unpaired) electrons. The molecule has 1 atom stereocenters. The lowest BCUT2D eigenvalue weighted by atomic mass is 10.1. The van der Waals surface area contributed by atoms with E-state index in [1.807, 2.05) is 13.0 Å². The van der Waals surface area contributed by atoms with E-state index in [1.54, 1.807) is 19.1 Å². The molecule has 18 heavy (non-hydrogen) atoms. The number of carbonyl (C=O) groups is 1. The van der Waals surface area contributed by atoms with E-state index in [0.717, 1.165) is 24.3 Å². The van der Waals surface area contributed by atoms with Crippen molar-refractivity contribution in [2.24, 2.45) is 0 Å². The Balaban J connectivity index is 2.12. The molecule has 4 heteroatoms. The van der Waals surface area contributed by atoms with E-state index < -0.39 is 0 Å². The van der Waals surface area contributed by atoms with E-state index in [9.17, 15) is 4.79 Å². The van der Waals surface area contributed by atoms with Gasteiger partial charge in [0.2, 0.25) is 0 Å².